The van der Waals surface area contributed by atoms with Crippen LogP contribution in [-0.4, -0.2) is 49.2 Å². The summed E-state index contributed by atoms with van der Waals surface area (Å²) in [6.07, 6.45) is -0.208. The van der Waals surface area contributed by atoms with Crippen molar-refractivity contribution in [3.05, 3.63) is 83.0 Å². The molecule has 13 heteroatoms. The maximum atomic E-state index is 14.1. The van der Waals surface area contributed by atoms with Crippen LogP contribution in [0.1, 0.15) is 74.4 Å². The van der Waals surface area contributed by atoms with Gasteiger partial charge in [-0.05, 0) is 41.5 Å². The number of aliphatic hydroxyl groups is 1. The maximum absolute atomic E-state index is 14.1. The molecule has 6 heterocycles. The van der Waals surface area contributed by atoms with Gasteiger partial charge in [0, 0.05) is 30.5 Å². The molecular formula is C36H36N6O7. The minimum atomic E-state index is -1.17. The summed E-state index contributed by atoms with van der Waals surface area (Å²) in [7, 11) is 0. The minimum absolute atomic E-state index is 0.127. The number of aryl methyl sites for hydroxylation is 1. The molecule has 5 aromatic rings. The monoisotopic (exact) mass is 664 g/mol. The number of ketones is 1. The standard InChI is InChI=1S/C36H36N6O7/c1-16(2)27-34-41-28(33-38-24(15-46-33)31-37-18(5)49-42-31)30(48-34)36-21-8-6-7-9-23(21)39-35(36)47-26-11-10-19(13-22(26)36)12-20(32(45)40-27)14-25(43)29(44)17(3)4/h6-11,13,15-17,20,27,29,35,39,44H,12,14H2,1-5H3,(H,40,45)/t20?,27-,29-,35?,36-/m0/s1. The molecule has 0 radical (unpaired) electrons. The van der Waals surface area contributed by atoms with Gasteiger partial charge in [0.05, 0.1) is 0 Å². The van der Waals surface area contributed by atoms with Gasteiger partial charge in [0.2, 0.25) is 29.4 Å². The Balaban J connectivity index is 1.36. The van der Waals surface area contributed by atoms with E-state index in [1.165, 1.54) is 6.26 Å². The fraction of sp³-hybridized carbons (Fsp3) is 0.389. The van der Waals surface area contributed by atoms with Crippen molar-refractivity contribution in [2.45, 2.75) is 71.2 Å². The summed E-state index contributed by atoms with van der Waals surface area (Å²) in [5.41, 5.74) is 3.07. The smallest absolute Gasteiger partial charge is 0.249 e. The second kappa shape index (κ2) is 11.4. The lowest BCUT2D eigenvalue weighted by Crippen LogP contribution is -2.41. The number of aromatic nitrogens is 4. The quantitative estimate of drug-likeness (QED) is 0.209. The Labute approximate surface area is 281 Å². The van der Waals surface area contributed by atoms with Gasteiger partial charge in [-0.1, -0.05) is 63.2 Å². The van der Waals surface area contributed by atoms with Crippen molar-refractivity contribution in [3.63, 3.8) is 0 Å². The third kappa shape index (κ3) is 4.86. The second-order valence-corrected chi connectivity index (χ2v) is 13.7. The molecule has 3 aromatic heterocycles. The molecule has 2 aromatic carbocycles. The Bertz CT molecular complexity index is 2100. The molecular weight excluding hydrogens is 628 g/mol. The first-order valence-electron chi connectivity index (χ1n) is 16.5. The largest absolute Gasteiger partial charge is 0.469 e. The summed E-state index contributed by atoms with van der Waals surface area (Å²) < 4.78 is 24.7. The van der Waals surface area contributed by atoms with Crippen LogP contribution in [0.2, 0.25) is 0 Å². The number of anilines is 1. The molecule has 1 amide bonds. The number of benzene rings is 2. The Kier molecular flexibility index (Phi) is 7.21. The van der Waals surface area contributed by atoms with Crippen molar-refractivity contribution in [2.75, 3.05) is 5.32 Å². The molecule has 49 heavy (non-hydrogen) atoms. The number of aliphatic hydroxyl groups excluding tert-OH is 1. The van der Waals surface area contributed by atoms with Gasteiger partial charge < -0.3 is 33.8 Å². The SMILES string of the molecule is Cc1nc(-c2coc(-c3nc4oc3[C@@]35c6ccccc6NC3Oc3ccc(cc35)CC(CC(=O)[C@@H](O)C(C)C)C(=O)N[C@H]4C(C)C)n2)no1. The first kappa shape index (κ1) is 31.0. The van der Waals surface area contributed by atoms with E-state index in [0.717, 1.165) is 22.4 Å². The highest BCUT2D eigenvalue weighted by Gasteiger charge is 2.61. The average molecular weight is 665 g/mol. The van der Waals surface area contributed by atoms with Crippen LogP contribution >= 0.6 is 0 Å². The summed E-state index contributed by atoms with van der Waals surface area (Å²) in [5, 5.41) is 21.3. The van der Waals surface area contributed by atoms with Gasteiger partial charge in [-0.3, -0.25) is 9.59 Å². The fourth-order valence-electron chi connectivity index (χ4n) is 7.19. The summed E-state index contributed by atoms with van der Waals surface area (Å²) >= 11 is 0. The number of fused-ring (bicyclic) bond motifs is 4. The van der Waals surface area contributed by atoms with Crippen LogP contribution in [-0.2, 0) is 21.4 Å². The Morgan fingerprint density at radius 3 is 2.63 bits per heavy atom. The zero-order chi connectivity index (χ0) is 34.2. The van der Waals surface area contributed by atoms with Crippen LogP contribution in [0.25, 0.3) is 23.1 Å². The highest BCUT2D eigenvalue weighted by atomic mass is 16.5. The van der Waals surface area contributed by atoms with Crippen molar-refractivity contribution in [2.24, 2.45) is 17.8 Å². The lowest BCUT2D eigenvalue weighted by molar-refractivity contribution is -0.135. The van der Waals surface area contributed by atoms with Crippen molar-refractivity contribution in [1.29, 1.82) is 0 Å². The third-order valence-electron chi connectivity index (χ3n) is 9.70. The number of oxazole rings is 2. The number of carbonyl (C=O) groups is 2. The molecule has 252 valence electrons. The minimum Gasteiger partial charge on any atom is -0.469 e. The number of hydrogen-bond donors (Lipinski definition) is 3. The van der Waals surface area contributed by atoms with Crippen LogP contribution in [0.5, 0.6) is 5.75 Å². The van der Waals surface area contributed by atoms with E-state index in [0.29, 0.717) is 28.8 Å². The van der Waals surface area contributed by atoms with Crippen LogP contribution in [0.4, 0.5) is 5.69 Å². The number of carbonyl (C=O) groups excluding carboxylic acids is 2. The van der Waals surface area contributed by atoms with E-state index in [-0.39, 0.29) is 54.0 Å². The predicted molar refractivity (Wildman–Crippen MR) is 174 cm³/mol. The van der Waals surface area contributed by atoms with Gasteiger partial charge in [-0.15, -0.1) is 0 Å². The molecule has 5 atom stereocenters. The van der Waals surface area contributed by atoms with Crippen LogP contribution < -0.4 is 15.4 Å². The van der Waals surface area contributed by atoms with Crippen molar-refractivity contribution in [3.8, 4) is 28.9 Å². The first-order chi connectivity index (χ1) is 23.5. The first-order valence-corrected chi connectivity index (χ1v) is 16.5. The number of amides is 1. The summed E-state index contributed by atoms with van der Waals surface area (Å²) in [6, 6.07) is 13.1. The molecule has 3 aliphatic heterocycles. The number of nitrogens with one attached hydrogen (secondary N) is 2. The third-order valence-corrected chi connectivity index (χ3v) is 9.70. The predicted octanol–water partition coefficient (Wildman–Crippen LogP) is 5.13. The zero-order valence-electron chi connectivity index (χ0n) is 27.7. The molecule has 0 saturated carbocycles. The molecule has 0 fully saturated rings. The number of Topliss-reactive ketones (excluding diaryl/α,β-unsaturated/α-hetero) is 1. The molecule has 3 aliphatic rings. The van der Waals surface area contributed by atoms with Gasteiger partial charge in [-0.25, -0.2) is 9.97 Å². The van der Waals surface area contributed by atoms with E-state index < -0.39 is 29.7 Å². The number of para-hydroxylation sites is 1. The summed E-state index contributed by atoms with van der Waals surface area (Å²) in [6.45, 7) is 9.16. The summed E-state index contributed by atoms with van der Waals surface area (Å²) in [4.78, 5) is 41.3. The maximum Gasteiger partial charge on any atom is 0.249 e. The number of ether oxygens (including phenoxy) is 1. The van der Waals surface area contributed by atoms with E-state index in [9.17, 15) is 14.7 Å². The van der Waals surface area contributed by atoms with Crippen molar-refractivity contribution in [1.82, 2.24) is 25.4 Å². The van der Waals surface area contributed by atoms with Crippen LogP contribution in [0.3, 0.4) is 0 Å². The molecule has 4 bridgehead atoms. The molecule has 1 spiro atoms. The summed E-state index contributed by atoms with van der Waals surface area (Å²) in [5.74, 6) is 0.216. The second-order valence-electron chi connectivity index (χ2n) is 13.7. The average Bonchev–Trinajstić information content (AvgIpc) is 3.89. The van der Waals surface area contributed by atoms with Gasteiger partial charge in [0.1, 0.15) is 29.6 Å². The molecule has 0 aliphatic carbocycles. The van der Waals surface area contributed by atoms with Crippen LogP contribution in [0, 0.1) is 24.7 Å². The molecule has 2 unspecified atom stereocenters. The van der Waals surface area contributed by atoms with Crippen molar-refractivity contribution >= 4 is 17.4 Å². The molecule has 8 rings (SSSR count). The van der Waals surface area contributed by atoms with Gasteiger partial charge in [0.15, 0.2) is 29.2 Å². The topological polar surface area (TPSA) is 179 Å². The van der Waals surface area contributed by atoms with E-state index in [2.05, 4.69) is 20.8 Å². The van der Waals surface area contributed by atoms with Crippen molar-refractivity contribution < 1.29 is 32.8 Å². The van der Waals surface area contributed by atoms with Crippen LogP contribution in [0.15, 0.2) is 62.1 Å². The van der Waals surface area contributed by atoms with Gasteiger partial charge in [-0.2, -0.15) is 4.98 Å². The van der Waals surface area contributed by atoms with Gasteiger partial charge >= 0.3 is 0 Å². The Morgan fingerprint density at radius 1 is 1.06 bits per heavy atom. The lowest BCUT2D eigenvalue weighted by atomic mass is 9.72. The number of hydrogen-bond acceptors (Lipinski definition) is 12. The fourth-order valence-corrected chi connectivity index (χ4v) is 7.19. The molecule has 3 N–H and O–H groups in total. The van der Waals surface area contributed by atoms with E-state index in [1.54, 1.807) is 20.8 Å². The number of rotatable bonds is 7. The normalized spacial score (nSPS) is 22.9. The van der Waals surface area contributed by atoms with Gasteiger partial charge in [0.25, 0.3) is 0 Å². The number of nitrogens with zero attached hydrogens (tertiary/aromatic N) is 4. The van der Waals surface area contributed by atoms with E-state index in [1.807, 2.05) is 56.3 Å². The highest BCUT2D eigenvalue weighted by Crippen LogP contribution is 2.59. The zero-order valence-corrected chi connectivity index (χ0v) is 27.7. The van der Waals surface area contributed by atoms with E-state index >= 15 is 0 Å². The lowest BCUT2D eigenvalue weighted by Gasteiger charge is -2.28. The van der Waals surface area contributed by atoms with E-state index in [4.69, 9.17) is 28.1 Å². The highest BCUT2D eigenvalue weighted by molar-refractivity contribution is 5.89. The Morgan fingerprint density at radius 2 is 1.88 bits per heavy atom. The Hall–Kier alpha value is -5.30. The molecule has 0 saturated heterocycles. The molecule has 13 nitrogen and oxygen atoms in total.